The Morgan fingerprint density at radius 2 is 1.93 bits per heavy atom. The molecule has 3 atom stereocenters. The number of fused-ring (bicyclic) bond motifs is 3. The molecule has 1 fully saturated rings. The highest BCUT2D eigenvalue weighted by molar-refractivity contribution is 6.31. The Morgan fingerprint density at radius 3 is 2.64 bits per heavy atom. The van der Waals surface area contributed by atoms with E-state index in [4.69, 9.17) is 11.6 Å². The Labute approximate surface area is 168 Å². The second-order valence-electron chi connectivity index (χ2n) is 7.59. The van der Waals surface area contributed by atoms with Crippen molar-refractivity contribution in [2.24, 2.45) is 5.92 Å². The average molecular weight is 402 g/mol. The second-order valence-corrected chi connectivity index (χ2v) is 8.00. The molecule has 6 nitrogen and oxygen atoms in total. The molecule has 2 aromatic rings. The topological polar surface area (TPSA) is 65.8 Å². The molecule has 1 aromatic carbocycles. The number of pyridine rings is 1. The van der Waals surface area contributed by atoms with Gasteiger partial charge in [0, 0.05) is 24.3 Å². The molecule has 7 heteroatoms. The fourth-order valence-electron chi connectivity index (χ4n) is 4.70. The Morgan fingerprint density at radius 1 is 1.18 bits per heavy atom. The summed E-state index contributed by atoms with van der Waals surface area (Å²) >= 11 is 6.59. The Hall–Kier alpha value is -2.47. The lowest BCUT2D eigenvalue weighted by molar-refractivity contribution is 0.0486. The van der Waals surface area contributed by atoms with Crippen LogP contribution in [0.1, 0.15) is 54.7 Å². The molecule has 1 aromatic heterocycles. The van der Waals surface area contributed by atoms with Crippen molar-refractivity contribution in [1.82, 2.24) is 9.58 Å². The van der Waals surface area contributed by atoms with Crippen molar-refractivity contribution in [1.29, 1.82) is 0 Å². The van der Waals surface area contributed by atoms with E-state index in [0.29, 0.717) is 10.9 Å². The quantitative estimate of drug-likeness (QED) is 0.854. The standard InChI is InChI=1S/C21H24ClN3O3/c1-3-6-13-9-10-17-23(2)21(28)19-20(27)16(26)11-12-24(19)25(17)18(13)14-7-4-5-8-15(14)22/h4-5,7-8,11-13,17-18,27H,3,6,9-10H2,1-2H3. The molecule has 0 saturated carbocycles. The summed E-state index contributed by atoms with van der Waals surface area (Å²) in [5.41, 5.74) is 0.461. The monoisotopic (exact) mass is 401 g/mol. The van der Waals surface area contributed by atoms with Gasteiger partial charge in [-0.1, -0.05) is 43.1 Å². The highest BCUT2D eigenvalue weighted by Gasteiger charge is 2.46. The van der Waals surface area contributed by atoms with E-state index < -0.39 is 11.2 Å². The Bertz CT molecular complexity index is 974. The first kappa shape index (κ1) is 18.9. The molecule has 0 radical (unpaired) electrons. The minimum Gasteiger partial charge on any atom is -0.502 e. The van der Waals surface area contributed by atoms with Crippen LogP contribution < -0.4 is 10.4 Å². The smallest absolute Gasteiger partial charge is 0.277 e. The van der Waals surface area contributed by atoms with Crippen molar-refractivity contribution < 1.29 is 9.90 Å². The number of benzene rings is 1. The van der Waals surface area contributed by atoms with E-state index in [1.54, 1.807) is 22.8 Å². The van der Waals surface area contributed by atoms with Crippen LogP contribution in [0.15, 0.2) is 41.3 Å². The first-order valence-corrected chi connectivity index (χ1v) is 10.1. The molecule has 148 valence electrons. The minimum absolute atomic E-state index is 0.0143. The number of piperidine rings is 1. The molecule has 2 aliphatic rings. The lowest BCUT2D eigenvalue weighted by Gasteiger charge is -2.54. The normalized spacial score (nSPS) is 24.1. The van der Waals surface area contributed by atoms with Gasteiger partial charge in [-0.15, -0.1) is 0 Å². The molecule has 3 heterocycles. The van der Waals surface area contributed by atoms with E-state index in [-0.39, 0.29) is 23.8 Å². The number of amides is 1. The Balaban J connectivity index is 1.95. The number of halogens is 1. The number of carbonyl (C=O) groups excluding carboxylic acids is 1. The number of rotatable bonds is 3. The summed E-state index contributed by atoms with van der Waals surface area (Å²) < 4.78 is 1.67. The van der Waals surface area contributed by atoms with Crippen LogP contribution in [0.25, 0.3) is 0 Å². The zero-order valence-electron chi connectivity index (χ0n) is 16.0. The fraction of sp³-hybridized carbons (Fsp3) is 0.429. The minimum atomic E-state index is -0.553. The highest BCUT2D eigenvalue weighted by atomic mass is 35.5. The second kappa shape index (κ2) is 7.17. The van der Waals surface area contributed by atoms with Crippen molar-refractivity contribution in [3.05, 3.63) is 63.0 Å². The molecular formula is C21H24ClN3O3. The number of hydrogen-bond acceptors (Lipinski definition) is 4. The molecular weight excluding hydrogens is 378 g/mol. The molecule has 2 aliphatic heterocycles. The number of hydrogen-bond donors (Lipinski definition) is 1. The van der Waals surface area contributed by atoms with Crippen LogP contribution in [-0.4, -0.2) is 33.8 Å². The molecule has 1 saturated heterocycles. The van der Waals surface area contributed by atoms with E-state index >= 15 is 0 Å². The largest absolute Gasteiger partial charge is 0.502 e. The van der Waals surface area contributed by atoms with Crippen LogP contribution in [0.3, 0.4) is 0 Å². The van der Waals surface area contributed by atoms with E-state index in [1.807, 2.05) is 24.3 Å². The Kier molecular flexibility index (Phi) is 4.83. The average Bonchev–Trinajstić information content (AvgIpc) is 2.69. The van der Waals surface area contributed by atoms with Gasteiger partial charge in [0.1, 0.15) is 6.17 Å². The summed E-state index contributed by atoms with van der Waals surface area (Å²) in [6.45, 7) is 2.16. The van der Waals surface area contributed by atoms with Gasteiger partial charge in [0.2, 0.25) is 5.43 Å². The predicted molar refractivity (Wildman–Crippen MR) is 108 cm³/mol. The lowest BCUT2D eigenvalue weighted by Crippen LogP contribution is -2.64. The molecule has 0 spiro atoms. The molecule has 0 aliphatic carbocycles. The molecule has 28 heavy (non-hydrogen) atoms. The van der Waals surface area contributed by atoms with Crippen molar-refractivity contribution in [3.8, 4) is 5.75 Å². The summed E-state index contributed by atoms with van der Waals surface area (Å²) in [5.74, 6) is -0.506. The summed E-state index contributed by atoms with van der Waals surface area (Å²) in [5, 5.41) is 13.2. The van der Waals surface area contributed by atoms with Gasteiger partial charge in [0.15, 0.2) is 11.4 Å². The lowest BCUT2D eigenvalue weighted by atomic mass is 9.81. The third kappa shape index (κ3) is 2.78. The maximum absolute atomic E-state index is 12.9. The number of aromatic nitrogens is 1. The molecule has 0 bridgehead atoms. The molecule has 4 rings (SSSR count). The van der Waals surface area contributed by atoms with E-state index in [0.717, 1.165) is 31.2 Å². The molecule has 1 amide bonds. The first-order valence-electron chi connectivity index (χ1n) is 9.70. The van der Waals surface area contributed by atoms with Gasteiger partial charge in [0.25, 0.3) is 5.91 Å². The maximum atomic E-state index is 12.9. The van der Waals surface area contributed by atoms with E-state index in [9.17, 15) is 14.7 Å². The van der Waals surface area contributed by atoms with E-state index in [1.165, 1.54) is 6.07 Å². The summed E-state index contributed by atoms with van der Waals surface area (Å²) in [4.78, 5) is 26.5. The predicted octanol–water partition coefficient (Wildman–Crippen LogP) is 3.51. The van der Waals surface area contributed by atoms with Gasteiger partial charge in [-0.05, 0) is 36.8 Å². The van der Waals surface area contributed by atoms with Crippen molar-refractivity contribution in [2.75, 3.05) is 12.1 Å². The van der Waals surface area contributed by atoms with Crippen LogP contribution in [0.4, 0.5) is 0 Å². The summed E-state index contributed by atoms with van der Waals surface area (Å²) in [7, 11) is 1.73. The van der Waals surface area contributed by atoms with Gasteiger partial charge in [-0.2, -0.15) is 0 Å². The first-order chi connectivity index (χ1) is 13.5. The van der Waals surface area contributed by atoms with Crippen molar-refractivity contribution in [2.45, 2.75) is 44.8 Å². The van der Waals surface area contributed by atoms with Gasteiger partial charge < -0.3 is 10.0 Å². The summed E-state index contributed by atoms with van der Waals surface area (Å²) in [6, 6.07) is 9.02. The van der Waals surface area contributed by atoms with Crippen molar-refractivity contribution >= 4 is 17.5 Å². The highest BCUT2D eigenvalue weighted by Crippen LogP contribution is 2.45. The third-order valence-corrected chi connectivity index (χ3v) is 6.33. The number of aromatic hydroxyl groups is 1. The fourth-order valence-corrected chi connectivity index (χ4v) is 4.95. The van der Waals surface area contributed by atoms with Crippen LogP contribution in [0.2, 0.25) is 5.02 Å². The summed E-state index contributed by atoms with van der Waals surface area (Å²) in [6.07, 6.45) is 5.29. The van der Waals surface area contributed by atoms with Crippen LogP contribution >= 0.6 is 11.6 Å². The maximum Gasteiger partial charge on any atom is 0.277 e. The third-order valence-electron chi connectivity index (χ3n) is 5.99. The van der Waals surface area contributed by atoms with Crippen LogP contribution in [0, 0.1) is 5.92 Å². The number of carbonyl (C=O) groups is 1. The van der Waals surface area contributed by atoms with Crippen molar-refractivity contribution in [3.63, 3.8) is 0 Å². The van der Waals surface area contributed by atoms with Crippen LogP contribution in [-0.2, 0) is 0 Å². The number of nitrogens with zero attached hydrogens (tertiary/aromatic N) is 3. The van der Waals surface area contributed by atoms with Gasteiger partial charge in [-0.25, -0.2) is 0 Å². The zero-order chi connectivity index (χ0) is 20.0. The van der Waals surface area contributed by atoms with Gasteiger partial charge >= 0.3 is 0 Å². The van der Waals surface area contributed by atoms with Gasteiger partial charge in [0.05, 0.1) is 6.04 Å². The van der Waals surface area contributed by atoms with E-state index in [2.05, 4.69) is 11.9 Å². The SMILES string of the molecule is CCCC1CCC2N(C)C(=O)c3c(O)c(=O)ccn3N2C1c1ccccc1Cl. The zero-order valence-corrected chi connectivity index (χ0v) is 16.8. The van der Waals surface area contributed by atoms with Crippen LogP contribution in [0.5, 0.6) is 5.75 Å². The molecule has 1 N–H and O–H groups in total. The van der Waals surface area contributed by atoms with Gasteiger partial charge in [-0.3, -0.25) is 19.3 Å². The molecule has 3 unspecified atom stereocenters.